The van der Waals surface area contributed by atoms with Gasteiger partial charge in [-0.25, -0.2) is 13.4 Å². The fraction of sp³-hybridized carbons (Fsp3) is 0. The van der Waals surface area contributed by atoms with Gasteiger partial charge < -0.3 is 5.73 Å². The summed E-state index contributed by atoms with van der Waals surface area (Å²) in [5, 5.41) is 8.96. The number of anilines is 2. The first-order chi connectivity index (χ1) is 9.44. The molecule has 0 unspecified atom stereocenters. The van der Waals surface area contributed by atoms with Crippen LogP contribution in [-0.4, -0.2) is 13.4 Å². The van der Waals surface area contributed by atoms with Gasteiger partial charge in [-0.3, -0.25) is 4.72 Å². The third kappa shape index (κ3) is 2.89. The maximum atomic E-state index is 12.3. The van der Waals surface area contributed by atoms with Gasteiger partial charge in [-0.15, -0.1) is 0 Å². The van der Waals surface area contributed by atoms with Gasteiger partial charge in [0.1, 0.15) is 11.0 Å². The third-order valence-electron chi connectivity index (χ3n) is 2.39. The number of rotatable bonds is 3. The highest BCUT2D eigenvalue weighted by molar-refractivity contribution is 9.10. The lowest BCUT2D eigenvalue weighted by Gasteiger charge is -2.10. The molecule has 2 aromatic rings. The number of benzene rings is 1. The SMILES string of the molecule is N#Cc1ccccc1S(=O)(=O)Nc1ncc(N)cc1Br. The predicted octanol–water partition coefficient (Wildman–Crippen LogP) is 2.10. The second kappa shape index (κ2) is 5.48. The van der Waals surface area contributed by atoms with E-state index in [1.807, 2.05) is 6.07 Å². The van der Waals surface area contributed by atoms with Crippen molar-refractivity contribution >= 4 is 37.5 Å². The Labute approximate surface area is 124 Å². The largest absolute Gasteiger partial charge is 0.397 e. The van der Waals surface area contributed by atoms with Crippen molar-refractivity contribution in [2.75, 3.05) is 10.5 Å². The topological polar surface area (TPSA) is 109 Å². The molecular weight excluding hydrogens is 344 g/mol. The van der Waals surface area contributed by atoms with Gasteiger partial charge in [0.25, 0.3) is 10.0 Å². The van der Waals surface area contributed by atoms with E-state index in [0.717, 1.165) is 0 Å². The van der Waals surface area contributed by atoms with E-state index in [4.69, 9.17) is 11.0 Å². The number of nitrogen functional groups attached to an aromatic ring is 1. The molecule has 0 aliphatic heterocycles. The van der Waals surface area contributed by atoms with Crippen LogP contribution >= 0.6 is 15.9 Å². The number of hydrogen-bond acceptors (Lipinski definition) is 5. The lowest BCUT2D eigenvalue weighted by Crippen LogP contribution is -2.15. The molecule has 6 nitrogen and oxygen atoms in total. The summed E-state index contributed by atoms with van der Waals surface area (Å²) in [4.78, 5) is 3.80. The Morgan fingerprint density at radius 2 is 2.05 bits per heavy atom. The summed E-state index contributed by atoms with van der Waals surface area (Å²) in [6.07, 6.45) is 1.33. The minimum absolute atomic E-state index is 0.0616. The fourth-order valence-corrected chi connectivity index (χ4v) is 3.29. The van der Waals surface area contributed by atoms with Gasteiger partial charge in [0, 0.05) is 0 Å². The number of aromatic nitrogens is 1. The van der Waals surface area contributed by atoms with E-state index in [9.17, 15) is 8.42 Å². The van der Waals surface area contributed by atoms with Crippen molar-refractivity contribution in [2.45, 2.75) is 4.90 Å². The number of nitrogens with zero attached hydrogens (tertiary/aromatic N) is 2. The second-order valence-electron chi connectivity index (χ2n) is 3.81. The third-order valence-corrected chi connectivity index (χ3v) is 4.39. The minimum atomic E-state index is -3.90. The van der Waals surface area contributed by atoms with Gasteiger partial charge in [0.15, 0.2) is 5.82 Å². The van der Waals surface area contributed by atoms with Crippen LogP contribution in [0.5, 0.6) is 0 Å². The Morgan fingerprint density at radius 3 is 2.70 bits per heavy atom. The van der Waals surface area contributed by atoms with Gasteiger partial charge in [-0.2, -0.15) is 5.26 Å². The zero-order valence-corrected chi connectivity index (χ0v) is 12.4. The van der Waals surface area contributed by atoms with Crippen LogP contribution in [0.3, 0.4) is 0 Å². The quantitative estimate of drug-likeness (QED) is 0.878. The summed E-state index contributed by atoms with van der Waals surface area (Å²) in [6.45, 7) is 0. The first kappa shape index (κ1) is 14.3. The fourth-order valence-electron chi connectivity index (χ4n) is 1.50. The minimum Gasteiger partial charge on any atom is -0.397 e. The molecule has 0 aliphatic rings. The van der Waals surface area contributed by atoms with Crippen LogP contribution < -0.4 is 10.5 Å². The molecule has 102 valence electrons. The van der Waals surface area contributed by atoms with E-state index in [-0.39, 0.29) is 16.3 Å². The standard InChI is InChI=1S/C12H9BrN4O2S/c13-10-5-9(15)7-16-12(10)17-20(18,19)11-4-2-1-3-8(11)6-14/h1-5,7H,15H2,(H,16,17). The lowest BCUT2D eigenvalue weighted by molar-refractivity contribution is 0.600. The average molecular weight is 353 g/mol. The molecule has 0 aliphatic carbocycles. The highest BCUT2D eigenvalue weighted by Crippen LogP contribution is 2.25. The number of nitrogens with two attached hydrogens (primary N) is 1. The summed E-state index contributed by atoms with van der Waals surface area (Å²) < 4.78 is 27.3. The van der Waals surface area contributed by atoms with Gasteiger partial charge in [-0.05, 0) is 34.1 Å². The summed E-state index contributed by atoms with van der Waals surface area (Å²) in [7, 11) is -3.90. The Balaban J connectivity index is 2.44. The molecule has 2 rings (SSSR count). The van der Waals surface area contributed by atoms with E-state index in [2.05, 4.69) is 25.6 Å². The number of nitriles is 1. The van der Waals surface area contributed by atoms with Crippen LogP contribution in [0.1, 0.15) is 5.56 Å². The van der Waals surface area contributed by atoms with Crippen LogP contribution in [0.4, 0.5) is 11.5 Å². The van der Waals surface area contributed by atoms with Gasteiger partial charge in [-0.1, -0.05) is 12.1 Å². The molecule has 0 radical (unpaired) electrons. The summed E-state index contributed by atoms with van der Waals surface area (Å²) in [6, 6.07) is 9.29. The van der Waals surface area contributed by atoms with E-state index in [1.165, 1.54) is 24.4 Å². The summed E-state index contributed by atoms with van der Waals surface area (Å²) >= 11 is 3.17. The predicted molar refractivity (Wildman–Crippen MR) is 78.3 cm³/mol. The van der Waals surface area contributed by atoms with Crippen LogP contribution in [0.25, 0.3) is 0 Å². The highest BCUT2D eigenvalue weighted by Gasteiger charge is 2.19. The number of halogens is 1. The van der Waals surface area contributed by atoms with E-state index < -0.39 is 10.0 Å². The summed E-state index contributed by atoms with van der Waals surface area (Å²) in [5.41, 5.74) is 6.00. The van der Waals surface area contributed by atoms with Crippen LogP contribution in [0.15, 0.2) is 45.9 Å². The first-order valence-electron chi connectivity index (χ1n) is 5.37. The molecule has 0 fully saturated rings. The van der Waals surface area contributed by atoms with Gasteiger partial charge in [0.2, 0.25) is 0 Å². The number of hydrogen-bond donors (Lipinski definition) is 2. The molecule has 3 N–H and O–H groups in total. The average Bonchev–Trinajstić information content (AvgIpc) is 2.42. The van der Waals surface area contributed by atoms with E-state index >= 15 is 0 Å². The molecular formula is C12H9BrN4O2S. The van der Waals surface area contributed by atoms with Crippen molar-refractivity contribution in [1.29, 1.82) is 5.26 Å². The molecule has 1 aromatic heterocycles. The molecule has 0 atom stereocenters. The Bertz CT molecular complexity index is 799. The Morgan fingerprint density at radius 1 is 1.35 bits per heavy atom. The molecule has 0 spiro atoms. The zero-order chi connectivity index (χ0) is 14.8. The summed E-state index contributed by atoms with van der Waals surface area (Å²) in [5.74, 6) is 0.104. The number of sulfonamides is 1. The molecule has 1 heterocycles. The van der Waals surface area contributed by atoms with E-state index in [1.54, 1.807) is 12.1 Å². The number of pyridine rings is 1. The van der Waals surface area contributed by atoms with Crippen molar-refractivity contribution in [3.63, 3.8) is 0 Å². The van der Waals surface area contributed by atoms with Crippen molar-refractivity contribution < 1.29 is 8.42 Å². The number of nitrogens with one attached hydrogen (secondary N) is 1. The van der Waals surface area contributed by atoms with Crippen molar-refractivity contribution in [3.05, 3.63) is 46.6 Å². The van der Waals surface area contributed by atoms with Gasteiger partial charge >= 0.3 is 0 Å². The molecule has 0 bridgehead atoms. The Kier molecular flexibility index (Phi) is 3.92. The second-order valence-corrected chi connectivity index (χ2v) is 6.32. The van der Waals surface area contributed by atoms with Crippen LogP contribution in [-0.2, 0) is 10.0 Å². The molecule has 0 saturated heterocycles. The zero-order valence-electron chi connectivity index (χ0n) is 10.0. The Hall–Kier alpha value is -2.11. The highest BCUT2D eigenvalue weighted by atomic mass is 79.9. The van der Waals surface area contributed by atoms with E-state index in [0.29, 0.717) is 10.2 Å². The van der Waals surface area contributed by atoms with Gasteiger partial charge in [0.05, 0.1) is 21.9 Å². The van der Waals surface area contributed by atoms with Crippen molar-refractivity contribution in [2.24, 2.45) is 0 Å². The molecule has 8 heteroatoms. The molecule has 1 aromatic carbocycles. The molecule has 0 saturated carbocycles. The van der Waals surface area contributed by atoms with Crippen LogP contribution in [0, 0.1) is 11.3 Å². The maximum Gasteiger partial charge on any atom is 0.264 e. The molecule has 20 heavy (non-hydrogen) atoms. The van der Waals surface area contributed by atoms with Crippen molar-refractivity contribution in [1.82, 2.24) is 4.98 Å². The van der Waals surface area contributed by atoms with Crippen molar-refractivity contribution in [3.8, 4) is 6.07 Å². The smallest absolute Gasteiger partial charge is 0.264 e. The van der Waals surface area contributed by atoms with Crippen LogP contribution in [0.2, 0.25) is 0 Å². The molecule has 0 amide bonds. The monoisotopic (exact) mass is 352 g/mol. The normalized spacial score (nSPS) is 10.8. The first-order valence-corrected chi connectivity index (χ1v) is 7.64. The lowest BCUT2D eigenvalue weighted by atomic mass is 10.2. The maximum absolute atomic E-state index is 12.3.